The van der Waals surface area contributed by atoms with E-state index in [-0.39, 0.29) is 5.56 Å². The van der Waals surface area contributed by atoms with E-state index in [2.05, 4.69) is 5.43 Å². The maximum Gasteiger partial charge on any atom is 0.327 e. The Morgan fingerprint density at radius 3 is 2.31 bits per heavy atom. The molecule has 0 heterocycles. The average Bonchev–Trinajstić information content (AvgIpc) is 2.17. The van der Waals surface area contributed by atoms with Gasteiger partial charge in [0.15, 0.2) is 5.25 Å². The van der Waals surface area contributed by atoms with Crippen LogP contribution in [0.25, 0.3) is 0 Å². The molecule has 1 rings (SSSR count). The standard InChI is InChI=1S/C9H12N2O4S/c1-10-11-16(14,15)8(9(12)13)7-5-3-2-4-6-7/h2-6,8,10-11H,1H3,(H,12,13). The van der Waals surface area contributed by atoms with Crippen LogP contribution < -0.4 is 10.3 Å². The second kappa shape index (κ2) is 5.06. The van der Waals surface area contributed by atoms with E-state index in [4.69, 9.17) is 5.11 Å². The van der Waals surface area contributed by atoms with Crippen LogP contribution >= 0.6 is 0 Å². The summed E-state index contributed by atoms with van der Waals surface area (Å²) in [5.41, 5.74) is 2.42. The Bertz CT molecular complexity index is 458. The van der Waals surface area contributed by atoms with Gasteiger partial charge in [-0.3, -0.25) is 4.79 Å². The minimum Gasteiger partial charge on any atom is -0.480 e. The number of carboxylic acid groups (broad SMARTS) is 1. The first kappa shape index (κ1) is 12.6. The van der Waals surface area contributed by atoms with Crippen LogP contribution in [0.4, 0.5) is 0 Å². The third kappa shape index (κ3) is 2.78. The number of carbonyl (C=O) groups is 1. The number of nitrogens with one attached hydrogen (secondary N) is 2. The van der Waals surface area contributed by atoms with Crippen molar-refractivity contribution in [1.29, 1.82) is 0 Å². The lowest BCUT2D eigenvalue weighted by atomic mass is 10.1. The van der Waals surface area contributed by atoms with Crippen LogP contribution in [0.2, 0.25) is 0 Å². The van der Waals surface area contributed by atoms with E-state index in [1.807, 2.05) is 4.83 Å². The number of sulfonamides is 1. The highest BCUT2D eigenvalue weighted by Crippen LogP contribution is 2.20. The molecule has 1 aromatic carbocycles. The number of aliphatic carboxylic acids is 1. The molecule has 0 amide bonds. The van der Waals surface area contributed by atoms with E-state index in [0.29, 0.717) is 0 Å². The fourth-order valence-electron chi connectivity index (χ4n) is 1.28. The van der Waals surface area contributed by atoms with Gasteiger partial charge in [-0.1, -0.05) is 30.3 Å². The lowest BCUT2D eigenvalue weighted by Crippen LogP contribution is -2.40. The number of hydrogen-bond donors (Lipinski definition) is 3. The van der Waals surface area contributed by atoms with E-state index in [0.717, 1.165) is 0 Å². The Labute approximate surface area is 93.3 Å². The maximum absolute atomic E-state index is 11.6. The van der Waals surface area contributed by atoms with Crippen molar-refractivity contribution >= 4 is 16.0 Å². The van der Waals surface area contributed by atoms with Crippen LogP contribution in [0.1, 0.15) is 10.8 Å². The van der Waals surface area contributed by atoms with E-state index >= 15 is 0 Å². The first-order valence-electron chi connectivity index (χ1n) is 4.44. The number of hydrogen-bond acceptors (Lipinski definition) is 4. The highest BCUT2D eigenvalue weighted by Gasteiger charge is 2.33. The third-order valence-electron chi connectivity index (χ3n) is 1.88. The molecule has 1 aromatic rings. The van der Waals surface area contributed by atoms with Gasteiger partial charge in [-0.05, 0) is 12.6 Å². The molecule has 1 unspecified atom stereocenters. The number of rotatable bonds is 5. The lowest BCUT2D eigenvalue weighted by Gasteiger charge is -2.13. The Balaban J connectivity index is 3.16. The predicted octanol–water partition coefficient (Wildman–Crippen LogP) is -0.134. The Morgan fingerprint density at radius 1 is 1.31 bits per heavy atom. The smallest absolute Gasteiger partial charge is 0.327 e. The van der Waals surface area contributed by atoms with Crippen molar-refractivity contribution in [2.24, 2.45) is 0 Å². The van der Waals surface area contributed by atoms with Crippen molar-refractivity contribution in [3.63, 3.8) is 0 Å². The van der Waals surface area contributed by atoms with E-state index in [9.17, 15) is 13.2 Å². The molecule has 0 bridgehead atoms. The van der Waals surface area contributed by atoms with Gasteiger partial charge in [-0.25, -0.2) is 13.8 Å². The first-order chi connectivity index (χ1) is 7.49. The van der Waals surface area contributed by atoms with Crippen molar-refractivity contribution in [1.82, 2.24) is 10.3 Å². The molecular formula is C9H12N2O4S. The van der Waals surface area contributed by atoms with Crippen LogP contribution in [0.5, 0.6) is 0 Å². The quantitative estimate of drug-likeness (QED) is 0.627. The summed E-state index contributed by atoms with van der Waals surface area (Å²) in [7, 11) is -2.64. The van der Waals surface area contributed by atoms with Crippen molar-refractivity contribution in [2.45, 2.75) is 5.25 Å². The zero-order valence-electron chi connectivity index (χ0n) is 8.54. The molecule has 0 aliphatic carbocycles. The molecule has 0 fully saturated rings. The zero-order valence-corrected chi connectivity index (χ0v) is 9.36. The number of carboxylic acids is 1. The van der Waals surface area contributed by atoms with Crippen LogP contribution in [0, 0.1) is 0 Å². The Hall–Kier alpha value is -1.44. The Morgan fingerprint density at radius 2 is 1.88 bits per heavy atom. The summed E-state index contributed by atoms with van der Waals surface area (Å²) >= 11 is 0. The fraction of sp³-hybridized carbons (Fsp3) is 0.222. The van der Waals surface area contributed by atoms with Crippen molar-refractivity contribution in [3.8, 4) is 0 Å². The van der Waals surface area contributed by atoms with Crippen LogP contribution in [-0.4, -0.2) is 26.5 Å². The van der Waals surface area contributed by atoms with Crippen LogP contribution in [-0.2, 0) is 14.8 Å². The van der Waals surface area contributed by atoms with Gasteiger partial charge in [0.2, 0.25) is 10.0 Å². The third-order valence-corrected chi connectivity index (χ3v) is 3.46. The van der Waals surface area contributed by atoms with E-state index in [1.54, 1.807) is 18.2 Å². The van der Waals surface area contributed by atoms with E-state index < -0.39 is 21.2 Å². The van der Waals surface area contributed by atoms with Gasteiger partial charge < -0.3 is 5.11 Å². The molecule has 88 valence electrons. The monoisotopic (exact) mass is 244 g/mol. The molecule has 0 spiro atoms. The molecule has 16 heavy (non-hydrogen) atoms. The fourth-order valence-corrected chi connectivity index (χ4v) is 2.47. The molecule has 6 nitrogen and oxygen atoms in total. The summed E-state index contributed by atoms with van der Waals surface area (Å²) in [4.78, 5) is 12.9. The SMILES string of the molecule is CNNS(=O)(=O)C(C(=O)O)c1ccccc1. The molecular weight excluding hydrogens is 232 g/mol. The molecule has 0 aliphatic rings. The molecule has 0 saturated carbocycles. The molecule has 0 aliphatic heterocycles. The Kier molecular flexibility index (Phi) is 3.99. The predicted molar refractivity (Wildman–Crippen MR) is 57.9 cm³/mol. The van der Waals surface area contributed by atoms with Gasteiger partial charge in [-0.15, -0.1) is 0 Å². The number of hydrazine groups is 1. The summed E-state index contributed by atoms with van der Waals surface area (Å²) in [6.45, 7) is 0. The summed E-state index contributed by atoms with van der Waals surface area (Å²) in [6, 6.07) is 7.75. The van der Waals surface area contributed by atoms with Gasteiger partial charge >= 0.3 is 5.97 Å². The van der Waals surface area contributed by atoms with Crippen molar-refractivity contribution in [3.05, 3.63) is 35.9 Å². The highest BCUT2D eigenvalue weighted by atomic mass is 32.2. The molecule has 0 radical (unpaired) electrons. The molecule has 0 aromatic heterocycles. The summed E-state index contributed by atoms with van der Waals surface area (Å²) in [5, 5.41) is 7.32. The van der Waals surface area contributed by atoms with Gasteiger partial charge in [0.1, 0.15) is 0 Å². The normalized spacial score (nSPS) is 13.3. The highest BCUT2D eigenvalue weighted by molar-refractivity contribution is 7.90. The topological polar surface area (TPSA) is 95.5 Å². The zero-order chi connectivity index (χ0) is 12.2. The second-order valence-corrected chi connectivity index (χ2v) is 4.79. The van der Waals surface area contributed by atoms with Gasteiger partial charge in [0, 0.05) is 0 Å². The second-order valence-electron chi connectivity index (χ2n) is 3.03. The largest absolute Gasteiger partial charge is 0.480 e. The lowest BCUT2D eigenvalue weighted by molar-refractivity contribution is -0.136. The number of benzene rings is 1. The van der Waals surface area contributed by atoms with Crippen LogP contribution in [0.3, 0.4) is 0 Å². The van der Waals surface area contributed by atoms with Crippen molar-refractivity contribution in [2.75, 3.05) is 7.05 Å². The molecule has 7 heteroatoms. The molecule has 1 atom stereocenters. The molecule has 0 saturated heterocycles. The van der Waals surface area contributed by atoms with Crippen molar-refractivity contribution < 1.29 is 18.3 Å². The molecule has 3 N–H and O–H groups in total. The van der Waals surface area contributed by atoms with Gasteiger partial charge in [0.05, 0.1) is 0 Å². The van der Waals surface area contributed by atoms with Crippen LogP contribution in [0.15, 0.2) is 30.3 Å². The maximum atomic E-state index is 11.6. The van der Waals surface area contributed by atoms with E-state index in [1.165, 1.54) is 19.2 Å². The average molecular weight is 244 g/mol. The summed E-state index contributed by atoms with van der Waals surface area (Å²) in [5.74, 6) is -1.42. The minimum atomic E-state index is -3.99. The van der Waals surface area contributed by atoms with Gasteiger partial charge in [-0.2, -0.15) is 4.83 Å². The summed E-state index contributed by atoms with van der Waals surface area (Å²) in [6.07, 6.45) is 0. The van der Waals surface area contributed by atoms with Gasteiger partial charge in [0.25, 0.3) is 0 Å². The summed E-state index contributed by atoms with van der Waals surface area (Å²) < 4.78 is 23.2. The minimum absolute atomic E-state index is 0.206. The first-order valence-corrected chi connectivity index (χ1v) is 5.99.